The zero-order chi connectivity index (χ0) is 8.01. The number of hydrogen-bond acceptors (Lipinski definition) is 2. The van der Waals surface area contributed by atoms with E-state index in [1.807, 2.05) is 0 Å². The molecule has 0 heterocycles. The molecule has 3 nitrogen and oxygen atoms in total. The molecule has 2 aliphatic rings. The molecule has 2 saturated carbocycles. The van der Waals surface area contributed by atoms with E-state index in [2.05, 4.69) is 0 Å². The minimum absolute atomic E-state index is 0.0162. The number of hydrogen-bond donors (Lipinski definition) is 1. The van der Waals surface area contributed by atoms with Gasteiger partial charge in [0.2, 0.25) is 5.91 Å². The lowest BCUT2D eigenvalue weighted by Gasteiger charge is -2.16. The molecule has 0 aliphatic heterocycles. The number of nitrogens with two attached hydrogens (primary N) is 1. The van der Waals surface area contributed by atoms with E-state index in [1.54, 1.807) is 0 Å². The normalized spacial score (nSPS) is 41.5. The van der Waals surface area contributed by atoms with Crippen molar-refractivity contribution in [1.82, 2.24) is 0 Å². The Labute approximate surface area is 64.9 Å². The summed E-state index contributed by atoms with van der Waals surface area (Å²) in [6.07, 6.45) is 2.45. The van der Waals surface area contributed by atoms with Crippen LogP contribution in [0.25, 0.3) is 0 Å². The summed E-state index contributed by atoms with van der Waals surface area (Å²) in [7, 11) is 0. The molecule has 2 bridgehead atoms. The molecule has 3 heteroatoms. The van der Waals surface area contributed by atoms with E-state index in [0.29, 0.717) is 12.3 Å². The maximum atomic E-state index is 11.1. The molecule has 2 rings (SSSR count). The molecule has 2 aliphatic carbocycles. The molecular formula is C8H11NO2. The molecule has 0 aromatic rings. The van der Waals surface area contributed by atoms with E-state index >= 15 is 0 Å². The molecule has 2 N–H and O–H groups in total. The first-order chi connectivity index (χ1) is 5.18. The first-order valence-corrected chi connectivity index (χ1v) is 4.00. The summed E-state index contributed by atoms with van der Waals surface area (Å²) >= 11 is 0. The number of ketones is 1. The van der Waals surface area contributed by atoms with Crippen molar-refractivity contribution in [2.75, 3.05) is 0 Å². The molecule has 60 valence electrons. The van der Waals surface area contributed by atoms with Crippen LogP contribution >= 0.6 is 0 Å². The third-order valence-electron chi connectivity index (χ3n) is 2.93. The lowest BCUT2D eigenvalue weighted by Crippen LogP contribution is -2.31. The molecule has 0 radical (unpaired) electrons. The van der Waals surface area contributed by atoms with Gasteiger partial charge >= 0.3 is 0 Å². The van der Waals surface area contributed by atoms with E-state index in [1.165, 1.54) is 0 Å². The third kappa shape index (κ3) is 0.870. The van der Waals surface area contributed by atoms with E-state index < -0.39 is 0 Å². The molecule has 0 spiro atoms. The molecular weight excluding hydrogens is 142 g/mol. The van der Waals surface area contributed by atoms with Crippen LogP contribution in [0.1, 0.15) is 19.3 Å². The lowest BCUT2D eigenvalue weighted by atomic mass is 9.87. The van der Waals surface area contributed by atoms with Crippen LogP contribution in [0.4, 0.5) is 0 Å². The van der Waals surface area contributed by atoms with Gasteiger partial charge in [0.05, 0.1) is 0 Å². The standard InChI is InChI=1S/C8H11NO2/c9-8(11)6-2-4-1-5(6)7(10)3-4/h4-6H,1-3H2,(H2,9,11)/t4-,5+,6-/m0/s1. The minimum Gasteiger partial charge on any atom is -0.369 e. The Morgan fingerprint density at radius 2 is 2.18 bits per heavy atom. The van der Waals surface area contributed by atoms with E-state index in [4.69, 9.17) is 5.73 Å². The summed E-state index contributed by atoms with van der Waals surface area (Å²) < 4.78 is 0. The lowest BCUT2D eigenvalue weighted by molar-refractivity contribution is -0.131. The van der Waals surface area contributed by atoms with Gasteiger partial charge < -0.3 is 5.73 Å². The van der Waals surface area contributed by atoms with E-state index in [9.17, 15) is 9.59 Å². The molecule has 11 heavy (non-hydrogen) atoms. The predicted octanol–water partition coefficient (Wildman–Crippen LogP) is 0.0869. The zero-order valence-corrected chi connectivity index (χ0v) is 6.25. The van der Waals surface area contributed by atoms with Gasteiger partial charge in [-0.3, -0.25) is 9.59 Å². The van der Waals surface area contributed by atoms with Gasteiger partial charge in [-0.25, -0.2) is 0 Å². The summed E-state index contributed by atoms with van der Waals surface area (Å²) in [5.41, 5.74) is 5.16. The second-order valence-electron chi connectivity index (χ2n) is 3.62. The maximum Gasteiger partial charge on any atom is 0.221 e. The van der Waals surface area contributed by atoms with Crippen LogP contribution in [0.15, 0.2) is 0 Å². The van der Waals surface area contributed by atoms with Crippen LogP contribution < -0.4 is 5.73 Å². The summed E-state index contributed by atoms with van der Waals surface area (Å²) in [6.45, 7) is 0. The van der Waals surface area contributed by atoms with Crippen LogP contribution in [0.2, 0.25) is 0 Å². The number of fused-ring (bicyclic) bond motifs is 2. The van der Waals surface area contributed by atoms with Crippen molar-refractivity contribution in [1.29, 1.82) is 0 Å². The van der Waals surface area contributed by atoms with Crippen molar-refractivity contribution in [3.63, 3.8) is 0 Å². The largest absolute Gasteiger partial charge is 0.369 e. The Balaban J connectivity index is 2.18. The van der Waals surface area contributed by atoms with Gasteiger partial charge in [0.1, 0.15) is 5.78 Å². The molecule has 0 aromatic carbocycles. The van der Waals surface area contributed by atoms with E-state index in [0.717, 1.165) is 12.8 Å². The predicted molar refractivity (Wildman–Crippen MR) is 38.5 cm³/mol. The molecule has 0 unspecified atom stereocenters. The molecule has 0 saturated heterocycles. The highest BCUT2D eigenvalue weighted by molar-refractivity contribution is 5.91. The van der Waals surface area contributed by atoms with Gasteiger partial charge in [-0.05, 0) is 18.8 Å². The summed E-state index contributed by atoms with van der Waals surface area (Å²) in [5.74, 6) is 0.277. The van der Waals surface area contributed by atoms with Crippen molar-refractivity contribution in [3.05, 3.63) is 0 Å². The molecule has 1 amide bonds. The smallest absolute Gasteiger partial charge is 0.221 e. The van der Waals surface area contributed by atoms with Gasteiger partial charge in [-0.2, -0.15) is 0 Å². The highest BCUT2D eigenvalue weighted by Gasteiger charge is 2.47. The van der Waals surface area contributed by atoms with Crippen LogP contribution in [0, 0.1) is 17.8 Å². The SMILES string of the molecule is NC(=O)[C@H]1C[C@H]2CC(=O)[C@@H]1C2. The van der Waals surface area contributed by atoms with Gasteiger partial charge in [-0.1, -0.05) is 0 Å². The fourth-order valence-corrected chi connectivity index (χ4v) is 2.42. The zero-order valence-electron chi connectivity index (χ0n) is 6.25. The second-order valence-corrected chi connectivity index (χ2v) is 3.62. The van der Waals surface area contributed by atoms with Gasteiger partial charge in [-0.15, -0.1) is 0 Å². The van der Waals surface area contributed by atoms with Crippen LogP contribution in [0.3, 0.4) is 0 Å². The van der Waals surface area contributed by atoms with Crippen molar-refractivity contribution in [2.24, 2.45) is 23.5 Å². The number of amides is 1. The Hall–Kier alpha value is -0.860. The monoisotopic (exact) mass is 153 g/mol. The topological polar surface area (TPSA) is 60.2 Å². The number of rotatable bonds is 1. The Bertz CT molecular complexity index is 224. The van der Waals surface area contributed by atoms with Gasteiger partial charge in [0, 0.05) is 18.3 Å². The van der Waals surface area contributed by atoms with Crippen LogP contribution in [0.5, 0.6) is 0 Å². The Kier molecular flexibility index (Phi) is 1.28. The highest BCUT2D eigenvalue weighted by Crippen LogP contribution is 2.45. The molecule has 2 fully saturated rings. The second kappa shape index (κ2) is 2.06. The summed E-state index contributed by atoms with van der Waals surface area (Å²) in [6, 6.07) is 0. The quantitative estimate of drug-likeness (QED) is 0.580. The maximum absolute atomic E-state index is 11.1. The first-order valence-electron chi connectivity index (χ1n) is 4.00. The van der Waals surface area contributed by atoms with Crippen molar-refractivity contribution in [3.8, 4) is 0 Å². The van der Waals surface area contributed by atoms with Crippen LogP contribution in [-0.4, -0.2) is 11.7 Å². The average molecular weight is 153 g/mol. The van der Waals surface area contributed by atoms with Crippen molar-refractivity contribution in [2.45, 2.75) is 19.3 Å². The summed E-state index contributed by atoms with van der Waals surface area (Å²) in [5, 5.41) is 0. The first kappa shape index (κ1) is 6.83. The number of Topliss-reactive ketones (excluding diaryl/α,β-unsaturated/α-hetero) is 1. The highest BCUT2D eigenvalue weighted by atomic mass is 16.1. The van der Waals surface area contributed by atoms with Gasteiger partial charge in [0.15, 0.2) is 0 Å². The van der Waals surface area contributed by atoms with Crippen molar-refractivity contribution >= 4 is 11.7 Å². The molecule has 3 atom stereocenters. The average Bonchev–Trinajstić information content (AvgIpc) is 2.43. The number of carbonyl (C=O) groups is 2. The van der Waals surface area contributed by atoms with Crippen LogP contribution in [-0.2, 0) is 9.59 Å². The fourth-order valence-electron chi connectivity index (χ4n) is 2.42. The van der Waals surface area contributed by atoms with E-state index in [-0.39, 0.29) is 23.5 Å². The van der Waals surface area contributed by atoms with Gasteiger partial charge in [0.25, 0.3) is 0 Å². The minimum atomic E-state index is -0.287. The number of primary amides is 1. The fraction of sp³-hybridized carbons (Fsp3) is 0.750. The molecule has 0 aromatic heterocycles. The third-order valence-corrected chi connectivity index (χ3v) is 2.93. The summed E-state index contributed by atoms with van der Waals surface area (Å²) in [4.78, 5) is 21.9. The van der Waals surface area contributed by atoms with Crippen molar-refractivity contribution < 1.29 is 9.59 Å². The Morgan fingerprint density at radius 1 is 1.45 bits per heavy atom. The number of carbonyl (C=O) groups excluding carboxylic acids is 2. The Morgan fingerprint density at radius 3 is 2.55 bits per heavy atom.